The minimum Gasteiger partial charge on any atom is -0.490 e. The van der Waals surface area contributed by atoms with Crippen LogP contribution >= 0.6 is 11.8 Å². The van der Waals surface area contributed by atoms with Gasteiger partial charge in [-0.25, -0.2) is 4.79 Å². The van der Waals surface area contributed by atoms with Crippen molar-refractivity contribution >= 4 is 17.7 Å². The molecule has 5 nitrogen and oxygen atoms in total. The maximum atomic E-state index is 10.8. The molecule has 0 bridgehead atoms. The summed E-state index contributed by atoms with van der Waals surface area (Å²) in [7, 11) is 0. The molecule has 1 aromatic heterocycles. The standard InChI is InChI=1S/C14H13NO4S/c16-14(17)13-7-12(15-19-13)9-2-1-3-10(6-9)18-11-4-5-20-8-11/h1-3,6-7,11H,4-5,8H2,(H,16,17). The quantitative estimate of drug-likeness (QED) is 0.933. The monoisotopic (exact) mass is 291 g/mol. The summed E-state index contributed by atoms with van der Waals surface area (Å²) in [5, 5.41) is 12.6. The zero-order valence-electron chi connectivity index (χ0n) is 10.6. The molecular weight excluding hydrogens is 278 g/mol. The largest absolute Gasteiger partial charge is 0.490 e. The molecule has 1 unspecified atom stereocenters. The molecule has 1 fully saturated rings. The summed E-state index contributed by atoms with van der Waals surface area (Å²) < 4.78 is 10.7. The molecule has 0 aliphatic carbocycles. The van der Waals surface area contributed by atoms with Crippen LogP contribution in [0.1, 0.15) is 17.0 Å². The summed E-state index contributed by atoms with van der Waals surface area (Å²) in [6, 6.07) is 8.87. The Kier molecular flexibility index (Phi) is 3.64. The third-order valence-corrected chi connectivity index (χ3v) is 4.17. The van der Waals surface area contributed by atoms with Crippen molar-refractivity contribution in [3.05, 3.63) is 36.1 Å². The number of aromatic nitrogens is 1. The third-order valence-electron chi connectivity index (χ3n) is 3.04. The number of carboxylic acids is 1. The Morgan fingerprint density at radius 2 is 2.35 bits per heavy atom. The average Bonchev–Trinajstić information content (AvgIpc) is 3.09. The van der Waals surface area contributed by atoms with Crippen molar-refractivity contribution in [2.45, 2.75) is 12.5 Å². The molecule has 0 amide bonds. The van der Waals surface area contributed by atoms with E-state index >= 15 is 0 Å². The molecule has 2 heterocycles. The van der Waals surface area contributed by atoms with Gasteiger partial charge in [-0.3, -0.25) is 0 Å². The maximum Gasteiger partial charge on any atom is 0.374 e. The number of hydrogen-bond acceptors (Lipinski definition) is 5. The molecule has 0 radical (unpaired) electrons. The molecule has 0 saturated carbocycles. The van der Waals surface area contributed by atoms with E-state index in [-0.39, 0.29) is 11.9 Å². The second-order valence-corrected chi connectivity index (χ2v) is 5.66. The highest BCUT2D eigenvalue weighted by Crippen LogP contribution is 2.27. The molecule has 1 aliphatic heterocycles. The number of hydrogen-bond donors (Lipinski definition) is 1. The van der Waals surface area contributed by atoms with E-state index in [2.05, 4.69) is 5.16 Å². The highest BCUT2D eigenvalue weighted by Gasteiger charge is 2.17. The minimum atomic E-state index is -1.13. The van der Waals surface area contributed by atoms with Crippen molar-refractivity contribution in [2.24, 2.45) is 0 Å². The van der Waals surface area contributed by atoms with Gasteiger partial charge in [0.05, 0.1) is 0 Å². The van der Waals surface area contributed by atoms with Gasteiger partial charge in [-0.1, -0.05) is 17.3 Å². The number of thioether (sulfide) groups is 1. The van der Waals surface area contributed by atoms with Gasteiger partial charge in [0.15, 0.2) is 0 Å². The molecule has 3 rings (SSSR count). The van der Waals surface area contributed by atoms with E-state index in [4.69, 9.17) is 14.4 Å². The molecule has 0 spiro atoms. The van der Waals surface area contributed by atoms with E-state index in [1.807, 2.05) is 36.0 Å². The molecule has 1 aromatic carbocycles. The summed E-state index contributed by atoms with van der Waals surface area (Å²) in [5.74, 6) is 1.62. The zero-order chi connectivity index (χ0) is 13.9. The van der Waals surface area contributed by atoms with Gasteiger partial charge in [-0.2, -0.15) is 11.8 Å². The number of ether oxygens (including phenoxy) is 1. The van der Waals surface area contributed by atoms with E-state index in [0.29, 0.717) is 5.69 Å². The fourth-order valence-electron chi connectivity index (χ4n) is 2.04. The first-order valence-electron chi connectivity index (χ1n) is 6.27. The van der Waals surface area contributed by atoms with Crippen LogP contribution in [-0.2, 0) is 0 Å². The second-order valence-electron chi connectivity index (χ2n) is 4.51. The Morgan fingerprint density at radius 1 is 1.45 bits per heavy atom. The first-order chi connectivity index (χ1) is 9.72. The van der Waals surface area contributed by atoms with Crippen molar-refractivity contribution < 1.29 is 19.2 Å². The first-order valence-corrected chi connectivity index (χ1v) is 7.43. The molecule has 2 aromatic rings. The van der Waals surface area contributed by atoms with Crippen LogP contribution < -0.4 is 4.74 Å². The Bertz CT molecular complexity index is 619. The normalized spacial score (nSPS) is 18.1. The van der Waals surface area contributed by atoms with Crippen molar-refractivity contribution in [2.75, 3.05) is 11.5 Å². The first kappa shape index (κ1) is 13.1. The molecule has 20 heavy (non-hydrogen) atoms. The summed E-state index contributed by atoms with van der Waals surface area (Å²) in [4.78, 5) is 10.8. The SMILES string of the molecule is O=C(O)c1cc(-c2cccc(OC3CCSC3)c2)no1. The van der Waals surface area contributed by atoms with Crippen LogP contribution in [0.3, 0.4) is 0 Å². The lowest BCUT2D eigenvalue weighted by molar-refractivity contribution is 0.0652. The van der Waals surface area contributed by atoms with Crippen LogP contribution in [0.15, 0.2) is 34.9 Å². The third kappa shape index (κ3) is 2.80. The van der Waals surface area contributed by atoms with E-state index < -0.39 is 5.97 Å². The Hall–Kier alpha value is -1.95. The average molecular weight is 291 g/mol. The van der Waals surface area contributed by atoms with Crippen LogP contribution in [0.4, 0.5) is 0 Å². The van der Waals surface area contributed by atoms with Crippen molar-refractivity contribution in [1.29, 1.82) is 0 Å². The van der Waals surface area contributed by atoms with Gasteiger partial charge >= 0.3 is 5.97 Å². The predicted molar refractivity (Wildman–Crippen MR) is 75.3 cm³/mol. The summed E-state index contributed by atoms with van der Waals surface area (Å²) >= 11 is 1.89. The van der Waals surface area contributed by atoms with Gasteiger partial charge in [-0.05, 0) is 24.3 Å². The number of carboxylic acid groups (broad SMARTS) is 1. The topological polar surface area (TPSA) is 72.6 Å². The fraction of sp³-hybridized carbons (Fsp3) is 0.286. The minimum absolute atomic E-state index is 0.168. The van der Waals surface area contributed by atoms with E-state index in [1.165, 1.54) is 6.07 Å². The molecular formula is C14H13NO4S. The highest BCUT2D eigenvalue weighted by molar-refractivity contribution is 7.99. The summed E-state index contributed by atoms with van der Waals surface area (Å²) in [6.45, 7) is 0. The van der Waals surface area contributed by atoms with Crippen molar-refractivity contribution in [1.82, 2.24) is 5.16 Å². The Morgan fingerprint density at radius 3 is 3.05 bits per heavy atom. The fourth-order valence-corrected chi connectivity index (χ4v) is 3.13. The molecule has 104 valence electrons. The van der Waals surface area contributed by atoms with Crippen LogP contribution in [-0.4, -0.2) is 33.8 Å². The predicted octanol–water partition coefficient (Wildman–Crippen LogP) is 2.92. The molecule has 1 N–H and O–H groups in total. The molecule has 6 heteroatoms. The van der Waals surface area contributed by atoms with E-state index in [9.17, 15) is 4.79 Å². The van der Waals surface area contributed by atoms with Crippen molar-refractivity contribution in [3.8, 4) is 17.0 Å². The number of nitrogens with zero attached hydrogens (tertiary/aromatic N) is 1. The van der Waals surface area contributed by atoms with Crippen molar-refractivity contribution in [3.63, 3.8) is 0 Å². The second kappa shape index (κ2) is 5.58. The van der Waals surface area contributed by atoms with Crippen LogP contribution in [0.25, 0.3) is 11.3 Å². The van der Waals surface area contributed by atoms with Crippen LogP contribution in [0.2, 0.25) is 0 Å². The lowest BCUT2D eigenvalue weighted by Gasteiger charge is -2.12. The molecule has 1 saturated heterocycles. The Labute approximate surface area is 119 Å². The number of carbonyl (C=O) groups is 1. The number of benzene rings is 1. The summed E-state index contributed by atoms with van der Waals surface area (Å²) in [6.07, 6.45) is 1.31. The van der Waals surface area contributed by atoms with Gasteiger partial charge in [0.25, 0.3) is 0 Å². The van der Waals surface area contributed by atoms with Gasteiger partial charge in [0.1, 0.15) is 17.5 Å². The van der Waals surface area contributed by atoms with E-state index in [0.717, 1.165) is 29.2 Å². The van der Waals surface area contributed by atoms with E-state index in [1.54, 1.807) is 0 Å². The smallest absolute Gasteiger partial charge is 0.374 e. The molecule has 1 atom stereocenters. The number of rotatable bonds is 4. The summed E-state index contributed by atoms with van der Waals surface area (Å²) in [5.41, 5.74) is 1.28. The molecule has 1 aliphatic rings. The van der Waals surface area contributed by atoms with Gasteiger partial charge in [0, 0.05) is 17.4 Å². The van der Waals surface area contributed by atoms with Crippen LogP contribution in [0.5, 0.6) is 5.75 Å². The van der Waals surface area contributed by atoms with Gasteiger partial charge in [-0.15, -0.1) is 0 Å². The Balaban J connectivity index is 1.80. The maximum absolute atomic E-state index is 10.8. The lowest BCUT2D eigenvalue weighted by atomic mass is 10.1. The van der Waals surface area contributed by atoms with Gasteiger partial charge < -0.3 is 14.4 Å². The zero-order valence-corrected chi connectivity index (χ0v) is 11.4. The number of aromatic carboxylic acids is 1. The lowest BCUT2D eigenvalue weighted by Crippen LogP contribution is -2.14. The highest BCUT2D eigenvalue weighted by atomic mass is 32.2. The van der Waals surface area contributed by atoms with Crippen LogP contribution in [0, 0.1) is 0 Å². The van der Waals surface area contributed by atoms with Gasteiger partial charge in [0.2, 0.25) is 5.76 Å².